The van der Waals surface area contributed by atoms with Gasteiger partial charge in [0.1, 0.15) is 5.54 Å². The zero-order valence-corrected chi connectivity index (χ0v) is 11.4. The van der Waals surface area contributed by atoms with Crippen LogP contribution in [0.2, 0.25) is 0 Å². The van der Waals surface area contributed by atoms with Crippen LogP contribution in [-0.2, 0) is 9.53 Å². The second-order valence-electron chi connectivity index (χ2n) is 5.03. The molecule has 2 atom stereocenters. The fourth-order valence-corrected chi connectivity index (χ4v) is 2.57. The van der Waals surface area contributed by atoms with Gasteiger partial charge in [-0.25, -0.2) is 0 Å². The van der Waals surface area contributed by atoms with Crippen LogP contribution >= 0.6 is 0 Å². The molecule has 0 aromatic heterocycles. The van der Waals surface area contributed by atoms with E-state index in [0.29, 0.717) is 6.61 Å². The van der Waals surface area contributed by atoms with Crippen LogP contribution in [0.15, 0.2) is 0 Å². The molecule has 4 heteroatoms. The van der Waals surface area contributed by atoms with Crippen molar-refractivity contribution >= 4 is 5.97 Å². The smallest absolute Gasteiger partial charge is 0.326 e. The number of rotatable bonds is 6. The molecule has 4 nitrogen and oxygen atoms in total. The predicted molar refractivity (Wildman–Crippen MR) is 68.7 cm³/mol. The summed E-state index contributed by atoms with van der Waals surface area (Å²) < 4.78 is 5.11. The highest BCUT2D eigenvalue weighted by Gasteiger charge is 2.46. The molecule has 17 heavy (non-hydrogen) atoms. The van der Waals surface area contributed by atoms with Crippen LogP contribution in [0.4, 0.5) is 0 Å². The van der Waals surface area contributed by atoms with Gasteiger partial charge >= 0.3 is 5.97 Å². The summed E-state index contributed by atoms with van der Waals surface area (Å²) in [5, 5.41) is 0. The lowest BCUT2D eigenvalue weighted by molar-refractivity contribution is -0.151. The summed E-state index contributed by atoms with van der Waals surface area (Å²) in [4.78, 5) is 14.2. The summed E-state index contributed by atoms with van der Waals surface area (Å²) in [5.74, 6) is 0.0669. The lowest BCUT2D eigenvalue weighted by Gasteiger charge is -2.30. The molecule has 1 saturated carbocycles. The zero-order valence-electron chi connectivity index (χ0n) is 11.4. The quantitative estimate of drug-likeness (QED) is 0.715. The van der Waals surface area contributed by atoms with Gasteiger partial charge in [-0.1, -0.05) is 13.3 Å². The summed E-state index contributed by atoms with van der Waals surface area (Å²) in [6, 6.07) is 0. The molecule has 2 unspecified atom stereocenters. The summed E-state index contributed by atoms with van der Waals surface area (Å²) in [6.45, 7) is 6.41. The molecule has 0 radical (unpaired) electrons. The Hall–Kier alpha value is -0.610. The minimum atomic E-state index is -0.732. The molecule has 2 N–H and O–H groups in total. The van der Waals surface area contributed by atoms with Gasteiger partial charge in [-0.3, -0.25) is 4.79 Å². The Kier molecular flexibility index (Phi) is 5.40. The van der Waals surface area contributed by atoms with E-state index in [-0.39, 0.29) is 11.9 Å². The third-order valence-corrected chi connectivity index (χ3v) is 3.93. The number of hydrogen-bond donors (Lipinski definition) is 1. The van der Waals surface area contributed by atoms with Crippen LogP contribution < -0.4 is 5.73 Å². The Morgan fingerprint density at radius 2 is 2.24 bits per heavy atom. The zero-order chi connectivity index (χ0) is 12.9. The predicted octanol–water partition coefficient (Wildman–Crippen LogP) is 1.39. The largest absolute Gasteiger partial charge is 0.465 e. The Bertz CT molecular complexity index is 258. The fraction of sp³-hybridized carbons (Fsp3) is 0.923. The van der Waals surface area contributed by atoms with Crippen LogP contribution in [0.25, 0.3) is 0 Å². The summed E-state index contributed by atoms with van der Waals surface area (Å²) >= 11 is 0. The average Bonchev–Trinajstić information content (AvgIpc) is 2.69. The lowest BCUT2D eigenvalue weighted by Crippen LogP contribution is -2.52. The molecule has 0 heterocycles. The van der Waals surface area contributed by atoms with Gasteiger partial charge in [-0.05, 0) is 52.2 Å². The van der Waals surface area contributed by atoms with Gasteiger partial charge in [0.25, 0.3) is 0 Å². The van der Waals surface area contributed by atoms with E-state index < -0.39 is 5.54 Å². The van der Waals surface area contributed by atoms with Crippen molar-refractivity contribution in [1.82, 2.24) is 4.90 Å². The monoisotopic (exact) mass is 242 g/mol. The molecule has 0 amide bonds. The third kappa shape index (κ3) is 3.42. The van der Waals surface area contributed by atoms with E-state index in [9.17, 15) is 4.79 Å². The first kappa shape index (κ1) is 14.5. The van der Waals surface area contributed by atoms with Crippen molar-refractivity contribution in [3.05, 3.63) is 0 Å². The maximum Gasteiger partial charge on any atom is 0.326 e. The highest BCUT2D eigenvalue weighted by Crippen LogP contribution is 2.37. The number of carbonyl (C=O) groups excluding carboxylic acids is 1. The number of ether oxygens (including phenoxy) is 1. The van der Waals surface area contributed by atoms with Crippen molar-refractivity contribution in [2.75, 3.05) is 26.7 Å². The molecule has 1 fully saturated rings. The molecule has 1 aliphatic carbocycles. The van der Waals surface area contributed by atoms with Gasteiger partial charge in [0.2, 0.25) is 0 Å². The highest BCUT2D eigenvalue weighted by molar-refractivity contribution is 5.81. The SMILES string of the molecule is CCOC(=O)C1(N)CCCC1CCN(C)CC. The molecule has 1 rings (SSSR count). The number of hydrogen-bond acceptors (Lipinski definition) is 4. The Balaban J connectivity index is 2.55. The van der Waals surface area contributed by atoms with E-state index in [1.54, 1.807) is 0 Å². The first-order valence-electron chi connectivity index (χ1n) is 6.69. The molecular weight excluding hydrogens is 216 g/mol. The maximum absolute atomic E-state index is 11.9. The summed E-state index contributed by atoms with van der Waals surface area (Å²) in [6.07, 6.45) is 3.84. The fourth-order valence-electron chi connectivity index (χ4n) is 2.57. The number of esters is 1. The van der Waals surface area contributed by atoms with Gasteiger partial charge < -0.3 is 15.4 Å². The standard InChI is InChI=1S/C13H26N2O2/c1-4-15(3)10-8-11-7-6-9-13(11,14)12(16)17-5-2/h11H,4-10,14H2,1-3H3. The number of carbonyl (C=O) groups is 1. The molecule has 0 saturated heterocycles. The van der Waals surface area contributed by atoms with E-state index in [0.717, 1.165) is 38.8 Å². The van der Waals surface area contributed by atoms with Crippen LogP contribution in [-0.4, -0.2) is 43.2 Å². The van der Waals surface area contributed by atoms with Crippen LogP contribution in [0.5, 0.6) is 0 Å². The Morgan fingerprint density at radius 1 is 1.53 bits per heavy atom. The molecule has 0 aromatic carbocycles. The van der Waals surface area contributed by atoms with Gasteiger partial charge in [0.05, 0.1) is 6.61 Å². The number of nitrogens with two attached hydrogens (primary N) is 1. The first-order valence-corrected chi connectivity index (χ1v) is 6.69. The van der Waals surface area contributed by atoms with Crippen molar-refractivity contribution in [3.8, 4) is 0 Å². The van der Waals surface area contributed by atoms with Crippen molar-refractivity contribution in [2.24, 2.45) is 11.7 Å². The molecule has 0 bridgehead atoms. The molecule has 0 spiro atoms. The van der Waals surface area contributed by atoms with Crippen molar-refractivity contribution in [2.45, 2.75) is 45.1 Å². The molecule has 100 valence electrons. The lowest BCUT2D eigenvalue weighted by atomic mass is 9.85. The highest BCUT2D eigenvalue weighted by atomic mass is 16.5. The minimum Gasteiger partial charge on any atom is -0.465 e. The van der Waals surface area contributed by atoms with Crippen molar-refractivity contribution in [1.29, 1.82) is 0 Å². The molecular formula is C13H26N2O2. The van der Waals surface area contributed by atoms with Gasteiger partial charge in [0.15, 0.2) is 0 Å². The topological polar surface area (TPSA) is 55.6 Å². The average molecular weight is 242 g/mol. The normalized spacial score (nSPS) is 28.6. The number of nitrogens with zero attached hydrogens (tertiary/aromatic N) is 1. The van der Waals surface area contributed by atoms with Gasteiger partial charge in [0, 0.05) is 0 Å². The summed E-state index contributed by atoms with van der Waals surface area (Å²) in [5.41, 5.74) is 5.54. The van der Waals surface area contributed by atoms with Gasteiger partial charge in [-0.15, -0.1) is 0 Å². The van der Waals surface area contributed by atoms with E-state index >= 15 is 0 Å². The van der Waals surface area contributed by atoms with E-state index in [2.05, 4.69) is 18.9 Å². The molecule has 1 aliphatic rings. The van der Waals surface area contributed by atoms with Crippen LogP contribution in [0.1, 0.15) is 39.5 Å². The van der Waals surface area contributed by atoms with E-state index in [1.165, 1.54) is 0 Å². The Labute approximate surface area is 104 Å². The van der Waals surface area contributed by atoms with Crippen molar-refractivity contribution in [3.63, 3.8) is 0 Å². The maximum atomic E-state index is 11.9. The minimum absolute atomic E-state index is 0.207. The van der Waals surface area contributed by atoms with Crippen LogP contribution in [0, 0.1) is 5.92 Å². The third-order valence-electron chi connectivity index (χ3n) is 3.93. The molecule has 0 aliphatic heterocycles. The Morgan fingerprint density at radius 3 is 2.82 bits per heavy atom. The summed E-state index contributed by atoms with van der Waals surface area (Å²) in [7, 11) is 2.09. The second kappa shape index (κ2) is 6.36. The second-order valence-corrected chi connectivity index (χ2v) is 5.03. The van der Waals surface area contributed by atoms with Crippen molar-refractivity contribution < 1.29 is 9.53 Å². The first-order chi connectivity index (χ1) is 8.04. The molecule has 0 aromatic rings. The van der Waals surface area contributed by atoms with Gasteiger partial charge in [-0.2, -0.15) is 0 Å². The van der Waals surface area contributed by atoms with Crippen LogP contribution in [0.3, 0.4) is 0 Å². The van der Waals surface area contributed by atoms with E-state index in [4.69, 9.17) is 10.5 Å². The van der Waals surface area contributed by atoms with E-state index in [1.807, 2.05) is 6.92 Å².